The van der Waals surface area contributed by atoms with Crippen LogP contribution in [-0.2, 0) is 9.59 Å². The molecule has 1 saturated heterocycles. The van der Waals surface area contributed by atoms with E-state index in [0.717, 1.165) is 19.3 Å². The van der Waals surface area contributed by atoms with Crippen LogP contribution in [0.4, 0.5) is 0 Å². The molecule has 0 spiro atoms. The summed E-state index contributed by atoms with van der Waals surface area (Å²) < 4.78 is 0. The highest BCUT2D eigenvalue weighted by Crippen LogP contribution is 2.42. The van der Waals surface area contributed by atoms with Crippen molar-refractivity contribution in [1.29, 1.82) is 0 Å². The maximum Gasteiger partial charge on any atom is 0.233 e. The minimum atomic E-state index is -0.562. The van der Waals surface area contributed by atoms with Gasteiger partial charge in [-0.25, -0.2) is 0 Å². The summed E-state index contributed by atoms with van der Waals surface area (Å²) in [7, 11) is 0. The van der Waals surface area contributed by atoms with Crippen molar-refractivity contribution < 1.29 is 14.7 Å². The maximum atomic E-state index is 11.9. The SMILES string of the molecule is CC1C(=O)N(C2(CO)CCC2)C(=O)C1C. The molecule has 1 aliphatic carbocycles. The summed E-state index contributed by atoms with van der Waals surface area (Å²) in [5.74, 6) is -0.689. The van der Waals surface area contributed by atoms with Crippen molar-refractivity contribution in [2.45, 2.75) is 38.6 Å². The fourth-order valence-electron chi connectivity index (χ4n) is 2.45. The van der Waals surface area contributed by atoms with Crippen LogP contribution in [0.2, 0.25) is 0 Å². The van der Waals surface area contributed by atoms with Crippen molar-refractivity contribution in [3.63, 3.8) is 0 Å². The van der Waals surface area contributed by atoms with Crippen molar-refractivity contribution in [3.05, 3.63) is 0 Å². The quantitative estimate of drug-likeness (QED) is 0.678. The van der Waals surface area contributed by atoms with Gasteiger partial charge in [0, 0.05) is 11.8 Å². The standard InChI is InChI=1S/C11H17NO3/c1-7-8(2)10(15)12(9(7)14)11(6-13)4-3-5-11/h7-8,13H,3-6H2,1-2H3. The molecule has 1 heterocycles. The third-order valence-electron chi connectivity index (χ3n) is 4.02. The van der Waals surface area contributed by atoms with Gasteiger partial charge in [-0.05, 0) is 19.3 Å². The van der Waals surface area contributed by atoms with Gasteiger partial charge in [0.15, 0.2) is 0 Å². The molecule has 0 aromatic rings. The van der Waals surface area contributed by atoms with E-state index in [-0.39, 0.29) is 30.3 Å². The normalized spacial score (nSPS) is 34.5. The van der Waals surface area contributed by atoms with Crippen LogP contribution in [0.5, 0.6) is 0 Å². The van der Waals surface area contributed by atoms with Gasteiger partial charge in [0.25, 0.3) is 0 Å². The zero-order chi connectivity index (χ0) is 11.2. The lowest BCUT2D eigenvalue weighted by Gasteiger charge is -2.46. The van der Waals surface area contributed by atoms with Crippen LogP contribution in [0.15, 0.2) is 0 Å². The third-order valence-corrected chi connectivity index (χ3v) is 4.02. The minimum Gasteiger partial charge on any atom is -0.394 e. The molecule has 1 saturated carbocycles. The number of nitrogens with zero attached hydrogens (tertiary/aromatic N) is 1. The van der Waals surface area contributed by atoms with Gasteiger partial charge in [0.2, 0.25) is 11.8 Å². The van der Waals surface area contributed by atoms with E-state index in [1.165, 1.54) is 4.90 Å². The van der Waals surface area contributed by atoms with Crippen LogP contribution in [-0.4, -0.2) is 34.0 Å². The topological polar surface area (TPSA) is 57.6 Å². The molecule has 15 heavy (non-hydrogen) atoms. The lowest BCUT2D eigenvalue weighted by atomic mass is 9.76. The van der Waals surface area contributed by atoms with Crippen LogP contribution in [0.25, 0.3) is 0 Å². The average molecular weight is 211 g/mol. The lowest BCUT2D eigenvalue weighted by Crippen LogP contribution is -2.59. The zero-order valence-corrected chi connectivity index (χ0v) is 9.19. The molecule has 2 fully saturated rings. The molecule has 4 nitrogen and oxygen atoms in total. The highest BCUT2D eigenvalue weighted by atomic mass is 16.3. The summed E-state index contributed by atoms with van der Waals surface area (Å²) >= 11 is 0. The fraction of sp³-hybridized carbons (Fsp3) is 0.818. The van der Waals surface area contributed by atoms with E-state index in [1.54, 1.807) is 13.8 Å². The first-order valence-corrected chi connectivity index (χ1v) is 5.52. The number of rotatable bonds is 2. The predicted molar refractivity (Wildman–Crippen MR) is 53.8 cm³/mol. The molecule has 2 amide bonds. The number of amides is 2. The number of hydrogen-bond acceptors (Lipinski definition) is 3. The van der Waals surface area contributed by atoms with Crippen molar-refractivity contribution in [3.8, 4) is 0 Å². The summed E-state index contributed by atoms with van der Waals surface area (Å²) in [5.41, 5.74) is -0.562. The van der Waals surface area contributed by atoms with Crippen LogP contribution in [0, 0.1) is 11.8 Å². The van der Waals surface area contributed by atoms with Gasteiger partial charge in [0.05, 0.1) is 12.1 Å². The molecule has 1 aliphatic heterocycles. The summed E-state index contributed by atoms with van der Waals surface area (Å²) in [5, 5.41) is 9.36. The first kappa shape index (κ1) is 10.6. The smallest absolute Gasteiger partial charge is 0.233 e. The maximum absolute atomic E-state index is 11.9. The number of hydrogen-bond donors (Lipinski definition) is 1. The van der Waals surface area contributed by atoms with E-state index in [9.17, 15) is 14.7 Å². The first-order valence-electron chi connectivity index (χ1n) is 5.52. The Morgan fingerprint density at radius 2 is 1.73 bits per heavy atom. The molecule has 0 aromatic carbocycles. The van der Waals surface area contributed by atoms with E-state index in [1.807, 2.05) is 0 Å². The molecule has 2 aliphatic rings. The molecule has 2 atom stereocenters. The molecule has 1 N–H and O–H groups in total. The second-order valence-electron chi connectivity index (χ2n) is 4.83. The van der Waals surface area contributed by atoms with Gasteiger partial charge in [-0.3, -0.25) is 14.5 Å². The Labute approximate surface area is 89.3 Å². The molecule has 4 heteroatoms. The lowest BCUT2D eigenvalue weighted by molar-refractivity contribution is -0.154. The number of likely N-dealkylation sites (tertiary alicyclic amines) is 1. The highest BCUT2D eigenvalue weighted by molar-refractivity contribution is 6.05. The molecular formula is C11H17NO3. The Balaban J connectivity index is 2.29. The monoisotopic (exact) mass is 211 g/mol. The minimum absolute atomic E-state index is 0.0933. The summed E-state index contributed by atoms with van der Waals surface area (Å²) in [6.45, 7) is 3.48. The Hall–Kier alpha value is -0.900. The molecular weight excluding hydrogens is 194 g/mol. The van der Waals surface area contributed by atoms with Gasteiger partial charge in [-0.2, -0.15) is 0 Å². The summed E-state index contributed by atoms with van der Waals surface area (Å²) in [6.07, 6.45) is 2.49. The van der Waals surface area contributed by atoms with Crippen LogP contribution < -0.4 is 0 Å². The van der Waals surface area contributed by atoms with Crippen molar-refractivity contribution in [2.24, 2.45) is 11.8 Å². The average Bonchev–Trinajstić information content (AvgIpc) is 2.34. The Kier molecular flexibility index (Phi) is 2.34. The summed E-state index contributed by atoms with van der Waals surface area (Å²) in [4.78, 5) is 25.2. The molecule has 0 aromatic heterocycles. The van der Waals surface area contributed by atoms with E-state index in [4.69, 9.17) is 0 Å². The molecule has 0 radical (unpaired) electrons. The van der Waals surface area contributed by atoms with Crippen LogP contribution in [0.3, 0.4) is 0 Å². The van der Waals surface area contributed by atoms with Gasteiger partial charge in [0.1, 0.15) is 0 Å². The number of imide groups is 1. The number of aliphatic hydroxyl groups is 1. The van der Waals surface area contributed by atoms with Crippen molar-refractivity contribution in [2.75, 3.05) is 6.61 Å². The first-order chi connectivity index (χ1) is 7.03. The number of aliphatic hydroxyl groups excluding tert-OH is 1. The molecule has 2 rings (SSSR count). The Morgan fingerprint density at radius 3 is 2.00 bits per heavy atom. The van der Waals surface area contributed by atoms with E-state index >= 15 is 0 Å². The van der Waals surface area contributed by atoms with Gasteiger partial charge in [-0.15, -0.1) is 0 Å². The second kappa shape index (κ2) is 3.30. The Bertz CT molecular complexity index is 283. The van der Waals surface area contributed by atoms with Crippen LogP contribution >= 0.6 is 0 Å². The number of carbonyl (C=O) groups excluding carboxylic acids is 2. The van der Waals surface area contributed by atoms with Gasteiger partial charge in [-0.1, -0.05) is 13.8 Å². The zero-order valence-electron chi connectivity index (χ0n) is 9.19. The number of carbonyl (C=O) groups is 2. The fourth-order valence-corrected chi connectivity index (χ4v) is 2.45. The van der Waals surface area contributed by atoms with Gasteiger partial charge >= 0.3 is 0 Å². The van der Waals surface area contributed by atoms with Gasteiger partial charge < -0.3 is 5.11 Å². The molecule has 0 bridgehead atoms. The molecule has 2 unspecified atom stereocenters. The largest absolute Gasteiger partial charge is 0.394 e. The van der Waals surface area contributed by atoms with Crippen molar-refractivity contribution >= 4 is 11.8 Å². The molecule has 84 valence electrons. The second-order valence-corrected chi connectivity index (χ2v) is 4.83. The van der Waals surface area contributed by atoms with E-state index in [0.29, 0.717) is 0 Å². The predicted octanol–water partition coefficient (Wildman–Crippen LogP) is 0.542. The van der Waals surface area contributed by atoms with Crippen molar-refractivity contribution in [1.82, 2.24) is 4.90 Å². The Morgan fingerprint density at radius 1 is 1.27 bits per heavy atom. The van der Waals surface area contributed by atoms with Crippen LogP contribution in [0.1, 0.15) is 33.1 Å². The third kappa shape index (κ3) is 1.24. The summed E-state index contributed by atoms with van der Waals surface area (Å²) in [6, 6.07) is 0. The van der Waals surface area contributed by atoms with E-state index < -0.39 is 5.54 Å². The van der Waals surface area contributed by atoms with E-state index in [2.05, 4.69) is 0 Å². The highest BCUT2D eigenvalue weighted by Gasteiger charge is 2.54.